The molecule has 0 bridgehead atoms. The van der Waals surface area contributed by atoms with Crippen molar-refractivity contribution in [1.29, 1.82) is 0 Å². The molecule has 2 atom stereocenters. The SMILES string of the molecule is CCCC(OC)C(O)CCc1cccs1. The highest BCUT2D eigenvalue weighted by atomic mass is 32.1. The Balaban J connectivity index is 2.30. The summed E-state index contributed by atoms with van der Waals surface area (Å²) in [5, 5.41) is 12.0. The van der Waals surface area contributed by atoms with Crippen LogP contribution >= 0.6 is 11.3 Å². The number of methoxy groups -OCH3 is 1. The zero-order valence-corrected chi connectivity index (χ0v) is 10.3. The van der Waals surface area contributed by atoms with Gasteiger partial charge < -0.3 is 9.84 Å². The van der Waals surface area contributed by atoms with E-state index in [1.165, 1.54) is 4.88 Å². The molecule has 0 saturated heterocycles. The van der Waals surface area contributed by atoms with Crippen LogP contribution in [0.2, 0.25) is 0 Å². The first-order valence-electron chi connectivity index (χ1n) is 5.51. The van der Waals surface area contributed by atoms with Crippen molar-refractivity contribution in [2.75, 3.05) is 7.11 Å². The van der Waals surface area contributed by atoms with Gasteiger partial charge in [0.1, 0.15) is 0 Å². The molecule has 86 valence electrons. The quantitative estimate of drug-likeness (QED) is 0.777. The topological polar surface area (TPSA) is 29.5 Å². The summed E-state index contributed by atoms with van der Waals surface area (Å²) in [6, 6.07) is 4.16. The third-order valence-electron chi connectivity index (χ3n) is 2.57. The van der Waals surface area contributed by atoms with Crippen LogP contribution < -0.4 is 0 Å². The van der Waals surface area contributed by atoms with Crippen LogP contribution in [0, 0.1) is 0 Å². The van der Waals surface area contributed by atoms with Gasteiger partial charge in [-0.3, -0.25) is 0 Å². The second-order valence-electron chi connectivity index (χ2n) is 3.75. The molecule has 15 heavy (non-hydrogen) atoms. The van der Waals surface area contributed by atoms with E-state index in [0.29, 0.717) is 0 Å². The summed E-state index contributed by atoms with van der Waals surface area (Å²) < 4.78 is 5.28. The van der Waals surface area contributed by atoms with E-state index in [2.05, 4.69) is 18.4 Å². The van der Waals surface area contributed by atoms with Crippen LogP contribution in [-0.4, -0.2) is 24.4 Å². The predicted octanol–water partition coefficient (Wildman–Crippen LogP) is 2.86. The molecule has 1 aromatic rings. The molecule has 2 nitrogen and oxygen atoms in total. The number of aryl methyl sites for hydroxylation is 1. The van der Waals surface area contributed by atoms with Gasteiger partial charge in [0.25, 0.3) is 0 Å². The summed E-state index contributed by atoms with van der Waals surface area (Å²) in [5.41, 5.74) is 0. The lowest BCUT2D eigenvalue weighted by Crippen LogP contribution is -2.28. The van der Waals surface area contributed by atoms with E-state index in [4.69, 9.17) is 4.74 Å². The van der Waals surface area contributed by atoms with Crippen LogP contribution in [0.15, 0.2) is 17.5 Å². The molecule has 0 amide bonds. The fourth-order valence-electron chi connectivity index (χ4n) is 1.68. The van der Waals surface area contributed by atoms with E-state index in [9.17, 15) is 5.11 Å². The Morgan fingerprint density at radius 2 is 2.27 bits per heavy atom. The molecule has 0 radical (unpaired) electrons. The molecular formula is C12H20O2S. The maximum atomic E-state index is 9.92. The summed E-state index contributed by atoms with van der Waals surface area (Å²) in [4.78, 5) is 1.33. The number of rotatable bonds is 7. The molecule has 1 rings (SSSR count). The van der Waals surface area contributed by atoms with E-state index < -0.39 is 0 Å². The van der Waals surface area contributed by atoms with Crippen molar-refractivity contribution in [2.45, 2.75) is 44.8 Å². The third kappa shape index (κ3) is 4.33. The molecular weight excluding hydrogens is 208 g/mol. The van der Waals surface area contributed by atoms with E-state index in [-0.39, 0.29) is 12.2 Å². The molecule has 0 aliphatic heterocycles. The first kappa shape index (κ1) is 12.7. The van der Waals surface area contributed by atoms with Gasteiger partial charge in [-0.05, 0) is 30.7 Å². The van der Waals surface area contributed by atoms with Crippen molar-refractivity contribution >= 4 is 11.3 Å². The summed E-state index contributed by atoms with van der Waals surface area (Å²) >= 11 is 1.75. The summed E-state index contributed by atoms with van der Waals surface area (Å²) in [6.07, 6.45) is 3.38. The lowest BCUT2D eigenvalue weighted by Gasteiger charge is -2.20. The van der Waals surface area contributed by atoms with Gasteiger partial charge in [-0.15, -0.1) is 11.3 Å². The minimum atomic E-state index is -0.336. The molecule has 0 fully saturated rings. The van der Waals surface area contributed by atoms with Gasteiger partial charge in [0.2, 0.25) is 0 Å². The molecule has 2 unspecified atom stereocenters. The maximum Gasteiger partial charge on any atom is 0.0830 e. The smallest absolute Gasteiger partial charge is 0.0830 e. The van der Waals surface area contributed by atoms with E-state index in [1.807, 2.05) is 6.07 Å². The zero-order valence-electron chi connectivity index (χ0n) is 9.48. The Labute approximate surface area is 95.9 Å². The van der Waals surface area contributed by atoms with Crippen molar-refractivity contribution in [3.8, 4) is 0 Å². The highest BCUT2D eigenvalue weighted by molar-refractivity contribution is 7.09. The first-order chi connectivity index (χ1) is 7.27. The summed E-state index contributed by atoms with van der Waals surface area (Å²) in [6.45, 7) is 2.11. The molecule has 3 heteroatoms. The lowest BCUT2D eigenvalue weighted by atomic mass is 10.0. The van der Waals surface area contributed by atoms with Crippen molar-refractivity contribution < 1.29 is 9.84 Å². The number of thiophene rings is 1. The molecule has 0 aromatic carbocycles. The minimum absolute atomic E-state index is 0.00466. The van der Waals surface area contributed by atoms with Gasteiger partial charge in [0.05, 0.1) is 12.2 Å². The lowest BCUT2D eigenvalue weighted by molar-refractivity contribution is -0.0198. The van der Waals surface area contributed by atoms with Crippen molar-refractivity contribution in [3.05, 3.63) is 22.4 Å². The number of aliphatic hydroxyl groups excluding tert-OH is 1. The standard InChI is InChI=1S/C12H20O2S/c1-3-5-12(14-2)11(13)8-7-10-6-4-9-15-10/h4,6,9,11-13H,3,5,7-8H2,1-2H3. The normalized spacial score (nSPS) is 15.1. The van der Waals surface area contributed by atoms with Crippen LogP contribution in [0.5, 0.6) is 0 Å². The Bertz CT molecular complexity index is 246. The third-order valence-corrected chi connectivity index (χ3v) is 3.51. The predicted molar refractivity (Wildman–Crippen MR) is 64.4 cm³/mol. The first-order valence-corrected chi connectivity index (χ1v) is 6.39. The van der Waals surface area contributed by atoms with Crippen LogP contribution in [0.1, 0.15) is 31.1 Å². The van der Waals surface area contributed by atoms with Crippen LogP contribution in [0.4, 0.5) is 0 Å². The van der Waals surface area contributed by atoms with E-state index in [1.54, 1.807) is 18.4 Å². The van der Waals surface area contributed by atoms with Gasteiger partial charge in [-0.2, -0.15) is 0 Å². The van der Waals surface area contributed by atoms with Crippen LogP contribution in [-0.2, 0) is 11.2 Å². The van der Waals surface area contributed by atoms with Crippen molar-refractivity contribution in [2.24, 2.45) is 0 Å². The van der Waals surface area contributed by atoms with Crippen LogP contribution in [0.3, 0.4) is 0 Å². The number of ether oxygens (including phenoxy) is 1. The minimum Gasteiger partial charge on any atom is -0.390 e. The molecule has 1 N–H and O–H groups in total. The molecule has 1 heterocycles. The second-order valence-corrected chi connectivity index (χ2v) is 4.78. The van der Waals surface area contributed by atoms with Gasteiger partial charge >= 0.3 is 0 Å². The highest BCUT2D eigenvalue weighted by Gasteiger charge is 2.17. The molecule has 1 aromatic heterocycles. The monoisotopic (exact) mass is 228 g/mol. The van der Waals surface area contributed by atoms with Gasteiger partial charge in [0, 0.05) is 12.0 Å². The fourth-order valence-corrected chi connectivity index (χ4v) is 2.41. The largest absolute Gasteiger partial charge is 0.390 e. The average Bonchev–Trinajstić information content (AvgIpc) is 2.75. The zero-order chi connectivity index (χ0) is 11.1. The Hall–Kier alpha value is -0.380. The molecule has 0 aliphatic rings. The second kappa shape index (κ2) is 6.99. The summed E-state index contributed by atoms with van der Waals surface area (Å²) in [5.74, 6) is 0. The molecule has 0 aliphatic carbocycles. The highest BCUT2D eigenvalue weighted by Crippen LogP contribution is 2.16. The molecule has 0 saturated carbocycles. The average molecular weight is 228 g/mol. The Morgan fingerprint density at radius 1 is 1.47 bits per heavy atom. The Kier molecular flexibility index (Phi) is 5.91. The van der Waals surface area contributed by atoms with E-state index in [0.717, 1.165) is 25.7 Å². The van der Waals surface area contributed by atoms with Gasteiger partial charge in [-0.25, -0.2) is 0 Å². The van der Waals surface area contributed by atoms with E-state index >= 15 is 0 Å². The van der Waals surface area contributed by atoms with Gasteiger partial charge in [0.15, 0.2) is 0 Å². The number of hydrogen-bond acceptors (Lipinski definition) is 3. The van der Waals surface area contributed by atoms with Crippen molar-refractivity contribution in [3.63, 3.8) is 0 Å². The molecule has 0 spiro atoms. The van der Waals surface area contributed by atoms with Crippen molar-refractivity contribution in [1.82, 2.24) is 0 Å². The van der Waals surface area contributed by atoms with Gasteiger partial charge in [-0.1, -0.05) is 19.4 Å². The number of hydrogen-bond donors (Lipinski definition) is 1. The summed E-state index contributed by atoms with van der Waals surface area (Å²) in [7, 11) is 1.68. The Morgan fingerprint density at radius 3 is 2.80 bits per heavy atom. The number of aliphatic hydroxyl groups is 1. The maximum absolute atomic E-state index is 9.92. The van der Waals surface area contributed by atoms with Crippen LogP contribution in [0.25, 0.3) is 0 Å². The fraction of sp³-hybridized carbons (Fsp3) is 0.667.